The SMILES string of the molecule is CC(CC1=NC(C(C)(C)C)CO1)C(C)(C)C. The molecule has 2 unspecified atom stereocenters. The number of hydrogen-bond acceptors (Lipinski definition) is 2. The molecule has 0 fully saturated rings. The van der Waals surface area contributed by atoms with Crippen LogP contribution < -0.4 is 0 Å². The van der Waals surface area contributed by atoms with Crippen LogP contribution in [0, 0.1) is 16.7 Å². The van der Waals surface area contributed by atoms with Crippen molar-refractivity contribution in [3.8, 4) is 0 Å². The van der Waals surface area contributed by atoms with Gasteiger partial charge in [-0.3, -0.25) is 0 Å². The minimum Gasteiger partial charge on any atom is -0.479 e. The molecule has 0 aromatic heterocycles. The van der Waals surface area contributed by atoms with Crippen LogP contribution in [0.15, 0.2) is 4.99 Å². The van der Waals surface area contributed by atoms with Crippen molar-refractivity contribution in [1.82, 2.24) is 0 Å². The van der Waals surface area contributed by atoms with Crippen LogP contribution in [0.1, 0.15) is 54.9 Å². The molecule has 94 valence electrons. The first kappa shape index (κ1) is 13.5. The van der Waals surface area contributed by atoms with Gasteiger partial charge < -0.3 is 4.74 Å². The number of nitrogens with zero attached hydrogens (tertiary/aromatic N) is 1. The van der Waals surface area contributed by atoms with Crippen molar-refractivity contribution >= 4 is 5.90 Å². The van der Waals surface area contributed by atoms with Crippen molar-refractivity contribution in [2.75, 3.05) is 6.61 Å². The second-order valence-electron chi connectivity index (χ2n) is 7.19. The van der Waals surface area contributed by atoms with Crippen molar-refractivity contribution in [3.05, 3.63) is 0 Å². The van der Waals surface area contributed by atoms with Gasteiger partial charge in [-0.25, -0.2) is 4.99 Å². The number of rotatable bonds is 2. The summed E-state index contributed by atoms with van der Waals surface area (Å²) < 4.78 is 5.71. The Hall–Kier alpha value is -0.530. The van der Waals surface area contributed by atoms with Crippen molar-refractivity contribution in [2.24, 2.45) is 21.7 Å². The lowest BCUT2D eigenvalue weighted by Gasteiger charge is -2.26. The molecule has 0 saturated heterocycles. The summed E-state index contributed by atoms with van der Waals surface area (Å²) in [5.41, 5.74) is 0.540. The number of ether oxygens (including phenoxy) is 1. The molecule has 0 aromatic carbocycles. The van der Waals surface area contributed by atoms with Crippen LogP contribution in [0.3, 0.4) is 0 Å². The molecule has 2 heteroatoms. The fourth-order valence-electron chi connectivity index (χ4n) is 1.55. The van der Waals surface area contributed by atoms with Crippen LogP contribution in [0.4, 0.5) is 0 Å². The summed E-state index contributed by atoms with van der Waals surface area (Å²) in [5, 5.41) is 0. The van der Waals surface area contributed by atoms with Gasteiger partial charge in [0, 0.05) is 6.42 Å². The maximum absolute atomic E-state index is 5.71. The molecule has 0 amide bonds. The first-order valence-electron chi connectivity index (χ1n) is 6.30. The highest BCUT2D eigenvalue weighted by molar-refractivity contribution is 5.78. The van der Waals surface area contributed by atoms with Crippen molar-refractivity contribution in [2.45, 2.75) is 60.9 Å². The molecule has 0 bridgehead atoms. The molecule has 0 aliphatic carbocycles. The van der Waals surface area contributed by atoms with Gasteiger partial charge in [-0.2, -0.15) is 0 Å². The van der Waals surface area contributed by atoms with Gasteiger partial charge in [0.15, 0.2) is 5.90 Å². The predicted molar refractivity (Wildman–Crippen MR) is 69.9 cm³/mol. The summed E-state index contributed by atoms with van der Waals surface area (Å²) in [7, 11) is 0. The predicted octanol–water partition coefficient (Wildman–Crippen LogP) is 3.90. The van der Waals surface area contributed by atoms with Crippen LogP contribution >= 0.6 is 0 Å². The summed E-state index contributed by atoms with van der Waals surface area (Å²) in [6.45, 7) is 16.5. The Morgan fingerprint density at radius 1 is 1.25 bits per heavy atom. The lowest BCUT2D eigenvalue weighted by molar-refractivity contribution is 0.219. The van der Waals surface area contributed by atoms with Crippen molar-refractivity contribution < 1.29 is 4.74 Å². The lowest BCUT2D eigenvalue weighted by atomic mass is 9.80. The third-order valence-electron chi connectivity index (χ3n) is 3.67. The maximum Gasteiger partial charge on any atom is 0.183 e. The summed E-state index contributed by atoms with van der Waals surface area (Å²) >= 11 is 0. The molecule has 1 aliphatic heterocycles. The van der Waals surface area contributed by atoms with Gasteiger partial charge in [-0.15, -0.1) is 0 Å². The molecule has 0 saturated carbocycles. The summed E-state index contributed by atoms with van der Waals surface area (Å²) in [5.74, 6) is 1.56. The quantitative estimate of drug-likeness (QED) is 0.698. The fraction of sp³-hybridized carbons (Fsp3) is 0.929. The average molecular weight is 225 g/mol. The molecule has 0 spiro atoms. The number of hydrogen-bond donors (Lipinski definition) is 0. The van der Waals surface area contributed by atoms with Crippen molar-refractivity contribution in [3.63, 3.8) is 0 Å². The standard InChI is InChI=1S/C14H27NO/c1-10(13(2,3)4)8-12-15-11(9-16-12)14(5,6)7/h10-11H,8-9H2,1-7H3. The highest BCUT2D eigenvalue weighted by Gasteiger charge is 2.31. The van der Waals surface area contributed by atoms with Crippen LogP contribution in [-0.2, 0) is 4.74 Å². The summed E-state index contributed by atoms with van der Waals surface area (Å²) in [6.07, 6.45) is 0.968. The molecule has 1 heterocycles. The highest BCUT2D eigenvalue weighted by atomic mass is 16.5. The van der Waals surface area contributed by atoms with E-state index in [1.165, 1.54) is 0 Å². The largest absolute Gasteiger partial charge is 0.479 e. The van der Waals surface area contributed by atoms with E-state index in [0.29, 0.717) is 17.4 Å². The third-order valence-corrected chi connectivity index (χ3v) is 3.67. The molecule has 2 nitrogen and oxygen atoms in total. The van der Waals surface area contributed by atoms with E-state index in [1.54, 1.807) is 0 Å². The minimum atomic E-state index is 0.215. The van der Waals surface area contributed by atoms with Crippen molar-refractivity contribution in [1.29, 1.82) is 0 Å². The Labute approximate surface area is 100 Å². The van der Waals surface area contributed by atoms with Gasteiger partial charge in [0.05, 0.1) is 6.04 Å². The van der Waals surface area contributed by atoms with E-state index in [2.05, 4.69) is 48.5 Å². The molecule has 1 rings (SSSR count). The van der Waals surface area contributed by atoms with Gasteiger partial charge in [0.2, 0.25) is 0 Å². The van der Waals surface area contributed by atoms with Crippen LogP contribution in [-0.4, -0.2) is 18.5 Å². The van der Waals surface area contributed by atoms with Gasteiger partial charge in [-0.1, -0.05) is 48.5 Å². The molecular weight excluding hydrogens is 198 g/mol. The second-order valence-corrected chi connectivity index (χ2v) is 7.19. The smallest absolute Gasteiger partial charge is 0.183 e. The van der Waals surface area contributed by atoms with Gasteiger partial charge in [0.1, 0.15) is 6.61 Å². The first-order valence-corrected chi connectivity index (χ1v) is 6.30. The van der Waals surface area contributed by atoms with Crippen LogP contribution in [0.5, 0.6) is 0 Å². The number of aliphatic imine (C=N–C) groups is 1. The molecule has 0 aromatic rings. The molecule has 2 atom stereocenters. The van der Waals surface area contributed by atoms with Gasteiger partial charge in [0.25, 0.3) is 0 Å². The van der Waals surface area contributed by atoms with Gasteiger partial charge >= 0.3 is 0 Å². The molecule has 0 N–H and O–H groups in total. The topological polar surface area (TPSA) is 21.6 Å². The normalized spacial score (nSPS) is 23.9. The zero-order valence-electron chi connectivity index (χ0n) is 11.9. The van der Waals surface area contributed by atoms with E-state index in [1.807, 2.05) is 0 Å². The third kappa shape index (κ3) is 3.50. The zero-order chi connectivity index (χ0) is 12.6. The Bertz CT molecular complexity index is 267. The fourth-order valence-corrected chi connectivity index (χ4v) is 1.55. The van der Waals surface area contributed by atoms with Gasteiger partial charge in [-0.05, 0) is 16.7 Å². The molecule has 1 aliphatic rings. The lowest BCUT2D eigenvalue weighted by Crippen LogP contribution is -2.25. The second kappa shape index (κ2) is 4.38. The van der Waals surface area contributed by atoms with E-state index in [-0.39, 0.29) is 5.41 Å². The molecule has 0 radical (unpaired) electrons. The average Bonchev–Trinajstić information content (AvgIpc) is 2.49. The van der Waals surface area contributed by atoms with E-state index in [4.69, 9.17) is 9.73 Å². The molecular formula is C14H27NO. The van der Waals surface area contributed by atoms with E-state index in [9.17, 15) is 0 Å². The minimum absolute atomic E-state index is 0.215. The maximum atomic E-state index is 5.71. The molecule has 16 heavy (non-hydrogen) atoms. The Morgan fingerprint density at radius 2 is 1.81 bits per heavy atom. The van der Waals surface area contributed by atoms with Crippen LogP contribution in [0.25, 0.3) is 0 Å². The Morgan fingerprint density at radius 3 is 2.19 bits per heavy atom. The monoisotopic (exact) mass is 225 g/mol. The summed E-state index contributed by atoms with van der Waals surface area (Å²) in [4.78, 5) is 4.71. The van der Waals surface area contributed by atoms with E-state index in [0.717, 1.165) is 18.9 Å². The first-order chi connectivity index (χ1) is 7.10. The van der Waals surface area contributed by atoms with E-state index >= 15 is 0 Å². The summed E-state index contributed by atoms with van der Waals surface area (Å²) in [6, 6.07) is 0.328. The zero-order valence-corrected chi connectivity index (χ0v) is 11.9. The Balaban J connectivity index is 2.59. The Kier molecular flexibility index (Phi) is 3.71. The van der Waals surface area contributed by atoms with E-state index < -0.39 is 0 Å². The van der Waals surface area contributed by atoms with Crippen LogP contribution in [0.2, 0.25) is 0 Å². The highest BCUT2D eigenvalue weighted by Crippen LogP contribution is 2.31.